The summed E-state index contributed by atoms with van der Waals surface area (Å²) in [6.07, 6.45) is 1.55. The quantitative estimate of drug-likeness (QED) is 0.371. The zero-order valence-corrected chi connectivity index (χ0v) is 15.4. The third kappa shape index (κ3) is 3.17. The molecule has 0 saturated carbocycles. The minimum Gasteiger partial charge on any atom is -0.444 e. The van der Waals surface area contributed by atoms with Gasteiger partial charge in [-0.15, -0.1) is 11.3 Å². The van der Waals surface area contributed by atoms with Crippen LogP contribution in [0, 0.1) is 5.82 Å². The molecule has 0 aliphatic heterocycles. The lowest BCUT2D eigenvalue weighted by Gasteiger charge is -2.08. The van der Waals surface area contributed by atoms with E-state index in [1.165, 1.54) is 35.2 Å². The van der Waals surface area contributed by atoms with Crippen LogP contribution in [0.2, 0.25) is 0 Å². The number of benzene rings is 1. The maximum absolute atomic E-state index is 13.3. The molecule has 0 amide bonds. The molecular formula is C18H14FN3O2S2. The van der Waals surface area contributed by atoms with Crippen molar-refractivity contribution in [2.24, 2.45) is 0 Å². The molecule has 0 radical (unpaired) electrons. The average molecular weight is 387 g/mol. The normalized spacial score (nSPS) is 11.3. The summed E-state index contributed by atoms with van der Waals surface area (Å²) in [5, 5.41) is 2.52. The molecule has 3 aromatic heterocycles. The fourth-order valence-corrected chi connectivity index (χ4v) is 4.30. The molecule has 0 unspecified atom stereocenters. The Morgan fingerprint density at radius 1 is 1.31 bits per heavy atom. The van der Waals surface area contributed by atoms with Crippen LogP contribution < -0.4 is 5.56 Å². The largest absolute Gasteiger partial charge is 0.444 e. The number of rotatable bonds is 5. The zero-order chi connectivity index (χ0) is 18.1. The van der Waals surface area contributed by atoms with E-state index in [1.54, 1.807) is 23.0 Å². The average Bonchev–Trinajstić information content (AvgIpc) is 3.29. The van der Waals surface area contributed by atoms with Crippen molar-refractivity contribution in [3.8, 4) is 11.5 Å². The molecule has 26 heavy (non-hydrogen) atoms. The van der Waals surface area contributed by atoms with Crippen LogP contribution in [0.4, 0.5) is 4.39 Å². The lowest BCUT2D eigenvalue weighted by molar-refractivity contribution is 0.571. The van der Waals surface area contributed by atoms with Gasteiger partial charge in [-0.1, -0.05) is 17.8 Å². The van der Waals surface area contributed by atoms with Crippen molar-refractivity contribution >= 4 is 33.3 Å². The molecule has 0 aliphatic carbocycles. The summed E-state index contributed by atoms with van der Waals surface area (Å²) in [4.78, 5) is 21.5. The predicted molar refractivity (Wildman–Crippen MR) is 101 cm³/mol. The van der Waals surface area contributed by atoms with Gasteiger partial charge in [0.05, 0.1) is 11.2 Å². The maximum Gasteiger partial charge on any atom is 0.272 e. The molecule has 3 heterocycles. The van der Waals surface area contributed by atoms with Gasteiger partial charge in [-0.25, -0.2) is 14.4 Å². The molecule has 0 saturated heterocycles. The summed E-state index contributed by atoms with van der Waals surface area (Å²) >= 11 is 2.83. The second kappa shape index (κ2) is 7.05. The molecule has 1 aromatic carbocycles. The number of hydrogen-bond acceptors (Lipinski definition) is 6. The highest BCUT2D eigenvalue weighted by Gasteiger charge is 2.13. The second-order valence-corrected chi connectivity index (χ2v) is 7.38. The van der Waals surface area contributed by atoms with E-state index in [0.717, 1.165) is 0 Å². The van der Waals surface area contributed by atoms with Gasteiger partial charge in [0.1, 0.15) is 16.8 Å². The van der Waals surface area contributed by atoms with Crippen LogP contribution in [0.1, 0.15) is 12.6 Å². The molecule has 0 N–H and O–H groups in total. The SMILES string of the molecule is CCn1c(SCc2coc(-c3cccc(F)c3)n2)nc2ccsc2c1=O. The van der Waals surface area contributed by atoms with Gasteiger partial charge in [0.2, 0.25) is 5.89 Å². The first kappa shape index (κ1) is 17.0. The van der Waals surface area contributed by atoms with Crippen LogP contribution in [0.5, 0.6) is 0 Å². The summed E-state index contributed by atoms with van der Waals surface area (Å²) in [6, 6.07) is 7.96. The Labute approximate surface area is 156 Å². The van der Waals surface area contributed by atoms with Gasteiger partial charge < -0.3 is 4.42 Å². The Bertz CT molecular complexity index is 1130. The highest BCUT2D eigenvalue weighted by molar-refractivity contribution is 7.98. The van der Waals surface area contributed by atoms with Gasteiger partial charge in [-0.3, -0.25) is 9.36 Å². The zero-order valence-electron chi connectivity index (χ0n) is 13.8. The summed E-state index contributed by atoms with van der Waals surface area (Å²) in [7, 11) is 0. The third-order valence-corrected chi connectivity index (χ3v) is 5.72. The minimum atomic E-state index is -0.336. The van der Waals surface area contributed by atoms with Crippen LogP contribution in [-0.2, 0) is 12.3 Å². The van der Waals surface area contributed by atoms with Gasteiger partial charge >= 0.3 is 0 Å². The van der Waals surface area contributed by atoms with Crippen molar-refractivity contribution in [1.29, 1.82) is 0 Å². The van der Waals surface area contributed by atoms with E-state index in [9.17, 15) is 9.18 Å². The maximum atomic E-state index is 13.3. The molecule has 0 aliphatic rings. The smallest absolute Gasteiger partial charge is 0.272 e. The summed E-state index contributed by atoms with van der Waals surface area (Å²) in [6.45, 7) is 2.47. The van der Waals surface area contributed by atoms with Gasteiger partial charge in [0, 0.05) is 17.9 Å². The molecule has 8 heteroatoms. The Morgan fingerprint density at radius 2 is 2.19 bits per heavy atom. The molecule has 4 rings (SSSR count). The van der Waals surface area contributed by atoms with E-state index in [0.29, 0.717) is 44.8 Å². The highest BCUT2D eigenvalue weighted by atomic mass is 32.2. The third-order valence-electron chi connectivity index (χ3n) is 3.82. The fourth-order valence-electron chi connectivity index (χ4n) is 2.58. The number of thioether (sulfide) groups is 1. The number of fused-ring (bicyclic) bond motifs is 1. The standard InChI is InChI=1S/C18H14FN3O2S2/c1-2-22-17(23)15-14(6-7-25-15)21-18(22)26-10-13-9-24-16(20-13)11-4-3-5-12(19)8-11/h3-9H,2,10H2,1H3. The van der Waals surface area contributed by atoms with E-state index in [2.05, 4.69) is 9.97 Å². The number of nitrogens with zero attached hydrogens (tertiary/aromatic N) is 3. The number of hydrogen-bond donors (Lipinski definition) is 0. The number of thiophene rings is 1. The van der Waals surface area contributed by atoms with Crippen molar-refractivity contribution in [3.05, 3.63) is 63.8 Å². The van der Waals surface area contributed by atoms with E-state index in [1.807, 2.05) is 18.4 Å². The molecule has 0 spiro atoms. The first-order valence-corrected chi connectivity index (χ1v) is 9.83. The molecule has 0 atom stereocenters. The van der Waals surface area contributed by atoms with E-state index in [-0.39, 0.29) is 11.4 Å². The van der Waals surface area contributed by atoms with E-state index >= 15 is 0 Å². The Hall–Kier alpha value is -2.45. The van der Waals surface area contributed by atoms with Crippen molar-refractivity contribution in [2.75, 3.05) is 0 Å². The predicted octanol–water partition coefficient (Wildman–Crippen LogP) is 4.56. The first-order chi connectivity index (χ1) is 12.7. The minimum absolute atomic E-state index is 0.0180. The molecule has 4 aromatic rings. The van der Waals surface area contributed by atoms with Crippen LogP contribution in [-0.4, -0.2) is 14.5 Å². The summed E-state index contributed by atoms with van der Waals surface area (Å²) in [5.74, 6) is 0.534. The Balaban J connectivity index is 1.58. The number of halogens is 1. The number of aromatic nitrogens is 3. The van der Waals surface area contributed by atoms with Crippen molar-refractivity contribution in [3.63, 3.8) is 0 Å². The second-order valence-electron chi connectivity index (χ2n) is 5.52. The van der Waals surface area contributed by atoms with Crippen molar-refractivity contribution in [1.82, 2.24) is 14.5 Å². The molecule has 5 nitrogen and oxygen atoms in total. The Kier molecular flexibility index (Phi) is 4.60. The molecular weight excluding hydrogens is 373 g/mol. The van der Waals surface area contributed by atoms with E-state index < -0.39 is 0 Å². The fraction of sp³-hybridized carbons (Fsp3) is 0.167. The van der Waals surface area contributed by atoms with Crippen LogP contribution in [0.3, 0.4) is 0 Å². The molecule has 0 fully saturated rings. The van der Waals surface area contributed by atoms with Gasteiger partial charge in [0.15, 0.2) is 5.16 Å². The van der Waals surface area contributed by atoms with Crippen LogP contribution in [0.25, 0.3) is 21.7 Å². The summed E-state index contributed by atoms with van der Waals surface area (Å²) in [5.41, 5.74) is 1.99. The van der Waals surface area contributed by atoms with Gasteiger partial charge in [-0.2, -0.15) is 0 Å². The monoisotopic (exact) mass is 387 g/mol. The highest BCUT2D eigenvalue weighted by Crippen LogP contribution is 2.26. The van der Waals surface area contributed by atoms with Gasteiger partial charge in [-0.05, 0) is 36.6 Å². The number of oxazole rings is 1. The molecule has 0 bridgehead atoms. The summed E-state index contributed by atoms with van der Waals surface area (Å²) < 4.78 is 21.1. The van der Waals surface area contributed by atoms with Crippen LogP contribution >= 0.6 is 23.1 Å². The lowest BCUT2D eigenvalue weighted by atomic mass is 10.2. The van der Waals surface area contributed by atoms with Gasteiger partial charge in [0.25, 0.3) is 5.56 Å². The topological polar surface area (TPSA) is 60.9 Å². The molecule has 132 valence electrons. The van der Waals surface area contributed by atoms with Crippen molar-refractivity contribution in [2.45, 2.75) is 24.4 Å². The lowest BCUT2D eigenvalue weighted by Crippen LogP contribution is -2.21. The first-order valence-electron chi connectivity index (χ1n) is 7.97. The van der Waals surface area contributed by atoms with E-state index in [4.69, 9.17) is 4.42 Å². The Morgan fingerprint density at radius 3 is 3.00 bits per heavy atom. The van der Waals surface area contributed by atoms with Crippen molar-refractivity contribution < 1.29 is 8.81 Å². The van der Waals surface area contributed by atoms with Crippen LogP contribution in [0.15, 0.2) is 56.3 Å².